The molecule has 0 unspecified atom stereocenters. The van der Waals surface area contributed by atoms with E-state index in [0.29, 0.717) is 24.2 Å². The number of hydrogen-bond donors (Lipinski definition) is 1. The zero-order valence-electron chi connectivity index (χ0n) is 16.4. The number of alkyl halides is 5. The summed E-state index contributed by atoms with van der Waals surface area (Å²) >= 11 is 0. The third-order valence-corrected chi connectivity index (χ3v) is 4.37. The Kier molecular flexibility index (Phi) is 8.86. The Hall–Kier alpha value is -2.39. The number of aliphatic hydroxyl groups is 1. The summed E-state index contributed by atoms with van der Waals surface area (Å²) in [5.41, 5.74) is 1.48. The topological polar surface area (TPSA) is 41.9 Å². The molecule has 0 fully saturated rings. The molecule has 0 saturated carbocycles. The van der Waals surface area contributed by atoms with Gasteiger partial charge >= 0.3 is 6.36 Å². The molecule has 0 heterocycles. The minimum Gasteiger partial charge on any atom is -0.491 e. The summed E-state index contributed by atoms with van der Waals surface area (Å²) in [6.07, 6.45) is -4.57. The normalized spacial score (nSPS) is 13.0. The van der Waals surface area contributed by atoms with E-state index in [1.54, 1.807) is 24.3 Å². The number of para-hydroxylation sites is 1. The largest absolute Gasteiger partial charge is 0.573 e. The molecule has 2 rings (SSSR count). The molecule has 0 aliphatic heterocycles. The molecule has 4 nitrogen and oxygen atoms in total. The zero-order valence-corrected chi connectivity index (χ0v) is 16.4. The molecule has 0 aliphatic carbocycles. The van der Waals surface area contributed by atoms with Crippen molar-refractivity contribution in [1.29, 1.82) is 0 Å². The number of rotatable bonds is 11. The van der Waals surface area contributed by atoms with Crippen molar-refractivity contribution in [3.8, 4) is 11.5 Å². The SMILES string of the molecule is CN(CC[C@@H](O)COc1ccccc1CCc1cccc(OC(F)(F)F)c1)C(F)F. The van der Waals surface area contributed by atoms with E-state index in [9.17, 15) is 27.1 Å². The Labute approximate surface area is 171 Å². The Morgan fingerprint density at radius 2 is 1.77 bits per heavy atom. The molecule has 0 bridgehead atoms. The fourth-order valence-electron chi connectivity index (χ4n) is 2.75. The van der Waals surface area contributed by atoms with E-state index < -0.39 is 19.0 Å². The molecular weight excluding hydrogens is 409 g/mol. The summed E-state index contributed by atoms with van der Waals surface area (Å²) in [6.45, 7) is -2.61. The van der Waals surface area contributed by atoms with Crippen molar-refractivity contribution in [2.75, 3.05) is 20.2 Å². The van der Waals surface area contributed by atoms with Gasteiger partial charge in [0, 0.05) is 6.54 Å². The highest BCUT2D eigenvalue weighted by molar-refractivity contribution is 5.35. The van der Waals surface area contributed by atoms with Crippen LogP contribution < -0.4 is 9.47 Å². The van der Waals surface area contributed by atoms with Crippen molar-refractivity contribution in [3.05, 3.63) is 59.7 Å². The number of aliphatic hydroxyl groups excluding tert-OH is 1. The van der Waals surface area contributed by atoms with E-state index in [4.69, 9.17) is 4.74 Å². The lowest BCUT2D eigenvalue weighted by atomic mass is 10.0. The van der Waals surface area contributed by atoms with E-state index in [-0.39, 0.29) is 25.3 Å². The van der Waals surface area contributed by atoms with Gasteiger partial charge in [-0.15, -0.1) is 13.2 Å². The number of aryl methyl sites for hydroxylation is 2. The molecule has 2 aromatic rings. The standard InChI is InChI=1S/C21H24F5NO3/c1-27(20(22)23)12-11-17(28)14-29-19-8-3-2-6-16(19)10-9-15-5-4-7-18(13-15)30-21(24,25)26/h2-8,13,17,20,28H,9-12,14H2,1H3/t17-/m1/s1. The Morgan fingerprint density at radius 3 is 2.47 bits per heavy atom. The van der Waals surface area contributed by atoms with Crippen LogP contribution in [0.2, 0.25) is 0 Å². The van der Waals surface area contributed by atoms with Gasteiger partial charge in [0.25, 0.3) is 6.55 Å². The van der Waals surface area contributed by atoms with Crippen LogP contribution in [0.15, 0.2) is 48.5 Å². The average Bonchev–Trinajstić information content (AvgIpc) is 2.68. The molecule has 166 valence electrons. The van der Waals surface area contributed by atoms with E-state index in [0.717, 1.165) is 10.5 Å². The molecule has 1 atom stereocenters. The van der Waals surface area contributed by atoms with E-state index in [1.807, 2.05) is 6.07 Å². The quantitative estimate of drug-likeness (QED) is 0.414. The lowest BCUT2D eigenvalue weighted by molar-refractivity contribution is -0.274. The van der Waals surface area contributed by atoms with Crippen LogP contribution in [0.1, 0.15) is 17.5 Å². The zero-order chi connectivity index (χ0) is 22.1. The fraction of sp³-hybridized carbons (Fsp3) is 0.429. The summed E-state index contributed by atoms with van der Waals surface area (Å²) in [5, 5.41) is 9.96. The summed E-state index contributed by atoms with van der Waals surface area (Å²) in [5.74, 6) is 0.253. The smallest absolute Gasteiger partial charge is 0.491 e. The van der Waals surface area contributed by atoms with Gasteiger partial charge in [0.2, 0.25) is 0 Å². The third-order valence-electron chi connectivity index (χ3n) is 4.37. The third kappa shape index (κ3) is 8.54. The maximum Gasteiger partial charge on any atom is 0.573 e. The molecule has 1 N–H and O–H groups in total. The van der Waals surface area contributed by atoms with Crippen LogP contribution >= 0.6 is 0 Å². The number of benzene rings is 2. The molecule has 2 aromatic carbocycles. The van der Waals surface area contributed by atoms with Gasteiger partial charge in [-0.1, -0.05) is 30.3 Å². The van der Waals surface area contributed by atoms with Crippen LogP contribution in [0.3, 0.4) is 0 Å². The van der Waals surface area contributed by atoms with Gasteiger partial charge in [0.1, 0.15) is 18.1 Å². The first-order valence-electron chi connectivity index (χ1n) is 9.36. The number of hydrogen-bond acceptors (Lipinski definition) is 4. The molecule has 30 heavy (non-hydrogen) atoms. The van der Waals surface area contributed by atoms with Crippen molar-refractivity contribution >= 4 is 0 Å². The molecule has 0 saturated heterocycles. The first kappa shape index (κ1) is 23.9. The molecule has 0 aliphatic rings. The lowest BCUT2D eigenvalue weighted by Crippen LogP contribution is -2.29. The lowest BCUT2D eigenvalue weighted by Gasteiger charge is -2.19. The van der Waals surface area contributed by atoms with Crippen LogP contribution in [0.4, 0.5) is 22.0 Å². The van der Waals surface area contributed by atoms with Gasteiger partial charge in [-0.3, -0.25) is 4.90 Å². The fourth-order valence-corrected chi connectivity index (χ4v) is 2.75. The monoisotopic (exact) mass is 433 g/mol. The molecule has 0 radical (unpaired) electrons. The summed E-state index contributed by atoms with van der Waals surface area (Å²) in [4.78, 5) is 0.827. The van der Waals surface area contributed by atoms with Crippen molar-refractivity contribution in [2.45, 2.75) is 38.3 Å². The summed E-state index contributed by atoms with van der Waals surface area (Å²) in [7, 11) is 1.27. The molecule has 0 spiro atoms. The first-order chi connectivity index (χ1) is 14.1. The Morgan fingerprint density at radius 1 is 1.03 bits per heavy atom. The van der Waals surface area contributed by atoms with Gasteiger partial charge < -0.3 is 14.6 Å². The van der Waals surface area contributed by atoms with Gasteiger partial charge in [0.15, 0.2) is 0 Å². The second-order valence-electron chi connectivity index (χ2n) is 6.81. The van der Waals surface area contributed by atoms with Crippen LogP contribution in [-0.2, 0) is 12.8 Å². The highest BCUT2D eigenvalue weighted by atomic mass is 19.4. The molecular formula is C21H24F5NO3. The van der Waals surface area contributed by atoms with Gasteiger partial charge in [-0.25, -0.2) is 0 Å². The van der Waals surface area contributed by atoms with Crippen molar-refractivity contribution < 1.29 is 36.5 Å². The number of ether oxygens (including phenoxy) is 2. The van der Waals surface area contributed by atoms with Gasteiger partial charge in [-0.2, -0.15) is 8.78 Å². The predicted octanol–water partition coefficient (Wildman–Crippen LogP) is 4.65. The highest BCUT2D eigenvalue weighted by Crippen LogP contribution is 2.25. The summed E-state index contributed by atoms with van der Waals surface area (Å²) < 4.78 is 71.6. The van der Waals surface area contributed by atoms with Gasteiger partial charge in [-0.05, 0) is 55.6 Å². The van der Waals surface area contributed by atoms with Crippen LogP contribution in [0, 0.1) is 0 Å². The van der Waals surface area contributed by atoms with Crippen molar-refractivity contribution in [2.24, 2.45) is 0 Å². The molecule has 0 amide bonds. The predicted molar refractivity (Wildman–Crippen MR) is 102 cm³/mol. The second-order valence-corrected chi connectivity index (χ2v) is 6.81. The maximum atomic E-state index is 12.5. The van der Waals surface area contributed by atoms with E-state index in [2.05, 4.69) is 4.74 Å². The van der Waals surface area contributed by atoms with Crippen LogP contribution in [0.25, 0.3) is 0 Å². The minimum atomic E-state index is -4.75. The summed E-state index contributed by atoms with van der Waals surface area (Å²) in [6, 6.07) is 12.9. The number of nitrogens with zero attached hydrogens (tertiary/aromatic N) is 1. The van der Waals surface area contributed by atoms with Crippen molar-refractivity contribution in [1.82, 2.24) is 4.90 Å². The van der Waals surface area contributed by atoms with Crippen LogP contribution in [-0.4, -0.2) is 49.2 Å². The molecule has 9 heteroatoms. The van der Waals surface area contributed by atoms with E-state index in [1.165, 1.54) is 25.2 Å². The second kappa shape index (κ2) is 11.1. The minimum absolute atomic E-state index is 0.0280. The van der Waals surface area contributed by atoms with Crippen LogP contribution in [0.5, 0.6) is 11.5 Å². The molecule has 0 aromatic heterocycles. The maximum absolute atomic E-state index is 12.5. The van der Waals surface area contributed by atoms with Crippen molar-refractivity contribution in [3.63, 3.8) is 0 Å². The average molecular weight is 433 g/mol. The Balaban J connectivity index is 1.90. The first-order valence-corrected chi connectivity index (χ1v) is 9.36. The van der Waals surface area contributed by atoms with E-state index >= 15 is 0 Å². The van der Waals surface area contributed by atoms with Gasteiger partial charge in [0.05, 0.1) is 6.10 Å². The Bertz CT molecular complexity index is 785. The number of halogens is 5. The highest BCUT2D eigenvalue weighted by Gasteiger charge is 2.31.